The van der Waals surface area contributed by atoms with Gasteiger partial charge in [0.25, 0.3) is 5.91 Å². The van der Waals surface area contributed by atoms with Crippen LogP contribution in [0.3, 0.4) is 0 Å². The fourth-order valence-electron chi connectivity index (χ4n) is 2.54. The maximum atomic E-state index is 12.9. The van der Waals surface area contributed by atoms with Crippen LogP contribution in [0.1, 0.15) is 10.4 Å². The molecule has 128 valence electrons. The SMILES string of the molecule is O=C(Nc1ccc(-c2nc3ccc(O)cc3s2)cc1)c1ccc(F)cc1. The lowest BCUT2D eigenvalue weighted by molar-refractivity contribution is 0.102. The minimum absolute atomic E-state index is 0.214. The van der Waals surface area contributed by atoms with E-state index in [9.17, 15) is 14.3 Å². The zero-order chi connectivity index (χ0) is 18.1. The number of halogens is 1. The van der Waals surface area contributed by atoms with Crippen LogP contribution in [0.15, 0.2) is 66.7 Å². The molecule has 0 aliphatic rings. The Morgan fingerprint density at radius 1 is 1.00 bits per heavy atom. The molecule has 0 saturated carbocycles. The molecule has 6 heteroatoms. The van der Waals surface area contributed by atoms with Crippen LogP contribution in [0.2, 0.25) is 0 Å². The molecular weight excluding hydrogens is 351 g/mol. The van der Waals surface area contributed by atoms with E-state index in [-0.39, 0.29) is 17.5 Å². The molecule has 0 saturated heterocycles. The normalized spacial score (nSPS) is 10.8. The average molecular weight is 364 g/mol. The topological polar surface area (TPSA) is 62.2 Å². The fourth-order valence-corrected chi connectivity index (χ4v) is 3.54. The lowest BCUT2D eigenvalue weighted by Crippen LogP contribution is -2.11. The summed E-state index contributed by atoms with van der Waals surface area (Å²) in [5, 5.41) is 13.2. The number of fused-ring (bicyclic) bond motifs is 1. The van der Waals surface area contributed by atoms with Crippen LogP contribution in [-0.2, 0) is 0 Å². The predicted octanol–water partition coefficient (Wildman–Crippen LogP) is 5.06. The van der Waals surface area contributed by atoms with Gasteiger partial charge in [0.2, 0.25) is 0 Å². The Bertz CT molecular complexity index is 1090. The lowest BCUT2D eigenvalue weighted by atomic mass is 10.2. The van der Waals surface area contributed by atoms with Gasteiger partial charge in [0.15, 0.2) is 0 Å². The number of aromatic nitrogens is 1. The summed E-state index contributed by atoms with van der Waals surface area (Å²) in [6, 6.07) is 17.8. The number of thiazole rings is 1. The highest BCUT2D eigenvalue weighted by atomic mass is 32.1. The summed E-state index contributed by atoms with van der Waals surface area (Å²) < 4.78 is 13.8. The van der Waals surface area contributed by atoms with E-state index < -0.39 is 0 Å². The summed E-state index contributed by atoms with van der Waals surface area (Å²) >= 11 is 1.49. The van der Waals surface area contributed by atoms with Gasteiger partial charge >= 0.3 is 0 Å². The molecule has 2 N–H and O–H groups in total. The second-order valence-corrected chi connectivity index (χ2v) is 6.74. The standard InChI is InChI=1S/C20H13FN2O2S/c21-14-5-1-12(2-6-14)19(25)22-15-7-3-13(4-8-15)20-23-17-10-9-16(24)11-18(17)26-20/h1-11,24H,(H,22,25). The first kappa shape index (κ1) is 16.2. The van der Waals surface area contributed by atoms with Crippen molar-refractivity contribution in [1.29, 1.82) is 0 Å². The quantitative estimate of drug-likeness (QED) is 0.534. The van der Waals surface area contributed by atoms with Crippen molar-refractivity contribution in [3.05, 3.63) is 78.1 Å². The summed E-state index contributed by atoms with van der Waals surface area (Å²) in [4.78, 5) is 16.7. The Balaban J connectivity index is 1.54. The van der Waals surface area contributed by atoms with Gasteiger partial charge in [-0.3, -0.25) is 4.79 Å². The van der Waals surface area contributed by atoms with Crippen molar-refractivity contribution in [2.45, 2.75) is 0 Å². The van der Waals surface area contributed by atoms with Crippen LogP contribution in [0.4, 0.5) is 10.1 Å². The number of phenols is 1. The molecule has 1 aromatic heterocycles. The summed E-state index contributed by atoms with van der Waals surface area (Å²) in [6.07, 6.45) is 0. The molecule has 1 amide bonds. The van der Waals surface area contributed by atoms with Crippen molar-refractivity contribution >= 4 is 33.1 Å². The number of anilines is 1. The van der Waals surface area contributed by atoms with Crippen molar-refractivity contribution in [1.82, 2.24) is 4.98 Å². The van der Waals surface area contributed by atoms with Gasteiger partial charge < -0.3 is 10.4 Å². The highest BCUT2D eigenvalue weighted by Gasteiger charge is 2.09. The Hall–Kier alpha value is -3.25. The van der Waals surface area contributed by atoms with Crippen molar-refractivity contribution in [2.24, 2.45) is 0 Å². The van der Waals surface area contributed by atoms with Gasteiger partial charge in [-0.1, -0.05) is 0 Å². The predicted molar refractivity (Wildman–Crippen MR) is 101 cm³/mol. The number of rotatable bonds is 3. The average Bonchev–Trinajstić information content (AvgIpc) is 3.06. The number of aromatic hydroxyl groups is 1. The molecule has 4 nitrogen and oxygen atoms in total. The van der Waals surface area contributed by atoms with Crippen molar-refractivity contribution in [3.8, 4) is 16.3 Å². The van der Waals surface area contributed by atoms with Crippen LogP contribution in [-0.4, -0.2) is 16.0 Å². The number of amides is 1. The molecule has 4 aromatic rings. The summed E-state index contributed by atoms with van der Waals surface area (Å²) in [5.41, 5.74) is 2.78. The first-order chi connectivity index (χ1) is 12.6. The number of carbonyl (C=O) groups excluding carboxylic acids is 1. The monoisotopic (exact) mass is 364 g/mol. The molecule has 0 aliphatic heterocycles. The smallest absolute Gasteiger partial charge is 0.255 e. The van der Waals surface area contributed by atoms with Gasteiger partial charge in [-0.2, -0.15) is 0 Å². The number of hydrogen-bond acceptors (Lipinski definition) is 4. The molecule has 0 aliphatic carbocycles. The Morgan fingerprint density at radius 3 is 2.46 bits per heavy atom. The summed E-state index contributed by atoms with van der Waals surface area (Å²) in [5.74, 6) is -0.463. The molecule has 0 fully saturated rings. The highest BCUT2D eigenvalue weighted by molar-refractivity contribution is 7.21. The van der Waals surface area contributed by atoms with E-state index in [1.54, 1.807) is 30.3 Å². The van der Waals surface area contributed by atoms with Gasteiger partial charge in [0, 0.05) is 16.8 Å². The van der Waals surface area contributed by atoms with E-state index in [1.807, 2.05) is 12.1 Å². The van der Waals surface area contributed by atoms with Crippen molar-refractivity contribution < 1.29 is 14.3 Å². The van der Waals surface area contributed by atoms with Gasteiger partial charge in [-0.15, -0.1) is 11.3 Å². The number of carbonyl (C=O) groups is 1. The maximum Gasteiger partial charge on any atom is 0.255 e. The summed E-state index contributed by atoms with van der Waals surface area (Å²) in [7, 11) is 0. The fraction of sp³-hybridized carbons (Fsp3) is 0. The molecule has 0 radical (unpaired) electrons. The number of nitrogens with zero attached hydrogens (tertiary/aromatic N) is 1. The third kappa shape index (κ3) is 3.27. The molecule has 3 aromatic carbocycles. The second-order valence-electron chi connectivity index (χ2n) is 5.71. The first-order valence-corrected chi connectivity index (χ1v) is 8.67. The number of benzene rings is 3. The Kier molecular flexibility index (Phi) is 4.10. The third-order valence-electron chi connectivity index (χ3n) is 3.87. The number of nitrogens with one attached hydrogen (secondary N) is 1. The van der Waals surface area contributed by atoms with E-state index >= 15 is 0 Å². The van der Waals surface area contributed by atoms with E-state index in [2.05, 4.69) is 10.3 Å². The summed E-state index contributed by atoms with van der Waals surface area (Å²) in [6.45, 7) is 0. The minimum atomic E-state index is -0.380. The molecule has 0 unspecified atom stereocenters. The molecule has 4 rings (SSSR count). The maximum absolute atomic E-state index is 12.9. The van der Waals surface area contributed by atoms with Gasteiger partial charge in [-0.05, 0) is 66.7 Å². The van der Waals surface area contributed by atoms with Crippen LogP contribution >= 0.6 is 11.3 Å². The Labute approximate surface area is 152 Å². The van der Waals surface area contributed by atoms with Crippen molar-refractivity contribution in [3.63, 3.8) is 0 Å². The molecule has 26 heavy (non-hydrogen) atoms. The van der Waals surface area contributed by atoms with Crippen LogP contribution < -0.4 is 5.32 Å². The van der Waals surface area contributed by atoms with E-state index in [4.69, 9.17) is 0 Å². The van der Waals surface area contributed by atoms with Gasteiger partial charge in [0.05, 0.1) is 10.2 Å². The molecule has 0 atom stereocenters. The number of hydrogen-bond donors (Lipinski definition) is 2. The van der Waals surface area contributed by atoms with Crippen LogP contribution in [0, 0.1) is 5.82 Å². The highest BCUT2D eigenvalue weighted by Crippen LogP contribution is 2.32. The van der Waals surface area contributed by atoms with E-state index in [1.165, 1.54) is 35.6 Å². The zero-order valence-electron chi connectivity index (χ0n) is 13.4. The molecular formula is C20H13FN2O2S. The largest absolute Gasteiger partial charge is 0.508 e. The third-order valence-corrected chi connectivity index (χ3v) is 4.94. The van der Waals surface area contributed by atoms with E-state index in [0.717, 1.165) is 20.8 Å². The second kappa shape index (κ2) is 6.57. The van der Waals surface area contributed by atoms with E-state index in [0.29, 0.717) is 11.3 Å². The molecule has 1 heterocycles. The van der Waals surface area contributed by atoms with Gasteiger partial charge in [0.1, 0.15) is 16.6 Å². The van der Waals surface area contributed by atoms with Crippen LogP contribution in [0.25, 0.3) is 20.8 Å². The van der Waals surface area contributed by atoms with Gasteiger partial charge in [-0.25, -0.2) is 9.37 Å². The lowest BCUT2D eigenvalue weighted by Gasteiger charge is -2.06. The van der Waals surface area contributed by atoms with Crippen LogP contribution in [0.5, 0.6) is 5.75 Å². The number of phenolic OH excluding ortho intramolecular Hbond substituents is 1. The Morgan fingerprint density at radius 2 is 1.73 bits per heavy atom. The minimum Gasteiger partial charge on any atom is -0.508 e. The molecule has 0 spiro atoms. The molecule has 0 bridgehead atoms. The van der Waals surface area contributed by atoms with Crippen molar-refractivity contribution in [2.75, 3.05) is 5.32 Å². The first-order valence-electron chi connectivity index (χ1n) is 7.85. The zero-order valence-corrected chi connectivity index (χ0v) is 14.3.